The van der Waals surface area contributed by atoms with Crippen LogP contribution in [-0.2, 0) is 4.79 Å². The number of anilines is 1. The Balaban J connectivity index is 2.06. The summed E-state index contributed by atoms with van der Waals surface area (Å²) in [6.45, 7) is 2.18. The topological polar surface area (TPSA) is 62.4 Å². The van der Waals surface area contributed by atoms with Crippen molar-refractivity contribution >= 4 is 11.6 Å². The molecule has 0 radical (unpaired) electrons. The zero-order chi connectivity index (χ0) is 13.0. The summed E-state index contributed by atoms with van der Waals surface area (Å²) in [5.74, 6) is -0.249. The van der Waals surface area contributed by atoms with E-state index in [1.54, 1.807) is 0 Å². The Bertz CT molecular complexity index is 433. The summed E-state index contributed by atoms with van der Waals surface area (Å²) in [7, 11) is 1.44. The number of carbonyl (C=O) groups is 1. The van der Waals surface area contributed by atoms with E-state index in [4.69, 9.17) is 4.74 Å². The minimum atomic E-state index is -0.401. The van der Waals surface area contributed by atoms with E-state index in [0.717, 1.165) is 13.1 Å². The molecule has 1 aliphatic rings. The molecule has 0 bridgehead atoms. The monoisotopic (exact) mass is 253 g/mol. The molecule has 3 N–H and O–H groups in total. The van der Waals surface area contributed by atoms with Gasteiger partial charge in [-0.15, -0.1) is 0 Å². The van der Waals surface area contributed by atoms with Crippen LogP contribution in [0.5, 0.6) is 5.75 Å². The fourth-order valence-electron chi connectivity index (χ4n) is 1.83. The molecule has 1 aromatic carbocycles. The van der Waals surface area contributed by atoms with Gasteiger partial charge in [-0.25, -0.2) is 4.39 Å². The Labute approximate surface area is 105 Å². The van der Waals surface area contributed by atoms with Crippen LogP contribution in [0.15, 0.2) is 18.2 Å². The molecule has 0 saturated carbocycles. The number of nitrogens with one attached hydrogen (secondary N) is 3. The summed E-state index contributed by atoms with van der Waals surface area (Å²) in [6, 6.07) is 3.73. The summed E-state index contributed by atoms with van der Waals surface area (Å²) in [4.78, 5) is 12.0. The van der Waals surface area contributed by atoms with Gasteiger partial charge in [-0.3, -0.25) is 4.79 Å². The van der Waals surface area contributed by atoms with E-state index in [-0.39, 0.29) is 11.9 Å². The molecule has 98 valence electrons. The molecule has 18 heavy (non-hydrogen) atoms. The smallest absolute Gasteiger partial charge is 0.242 e. The fraction of sp³-hybridized carbons (Fsp3) is 0.417. The lowest BCUT2D eigenvalue weighted by molar-refractivity contribution is -0.118. The predicted octanol–water partition coefficient (Wildman–Crippen LogP) is 0.334. The third-order valence-corrected chi connectivity index (χ3v) is 2.78. The highest BCUT2D eigenvalue weighted by atomic mass is 19.1. The first-order valence-electron chi connectivity index (χ1n) is 5.79. The van der Waals surface area contributed by atoms with Crippen molar-refractivity contribution in [3.05, 3.63) is 24.0 Å². The van der Waals surface area contributed by atoms with Crippen LogP contribution in [0, 0.1) is 5.82 Å². The van der Waals surface area contributed by atoms with E-state index in [0.29, 0.717) is 18.0 Å². The lowest BCUT2D eigenvalue weighted by atomic mass is 10.2. The van der Waals surface area contributed by atoms with Gasteiger partial charge in [0.15, 0.2) is 0 Å². The molecule has 1 fully saturated rings. The van der Waals surface area contributed by atoms with E-state index < -0.39 is 5.82 Å². The van der Waals surface area contributed by atoms with E-state index >= 15 is 0 Å². The first-order chi connectivity index (χ1) is 8.70. The fourth-order valence-corrected chi connectivity index (χ4v) is 1.83. The van der Waals surface area contributed by atoms with Crippen LogP contribution < -0.4 is 20.7 Å². The Hall–Kier alpha value is -1.66. The van der Waals surface area contributed by atoms with Gasteiger partial charge in [-0.2, -0.15) is 0 Å². The van der Waals surface area contributed by atoms with Crippen LogP contribution in [-0.4, -0.2) is 38.7 Å². The molecule has 6 heteroatoms. The number of rotatable bonds is 3. The maximum Gasteiger partial charge on any atom is 0.242 e. The number of ether oxygens (including phenoxy) is 1. The average molecular weight is 253 g/mol. The van der Waals surface area contributed by atoms with Gasteiger partial charge >= 0.3 is 0 Å². The van der Waals surface area contributed by atoms with Crippen molar-refractivity contribution in [3.63, 3.8) is 0 Å². The highest BCUT2D eigenvalue weighted by Crippen LogP contribution is 2.24. The Morgan fingerprint density at radius 3 is 3.00 bits per heavy atom. The lowest BCUT2D eigenvalue weighted by Crippen LogP contribution is -2.54. The van der Waals surface area contributed by atoms with Crippen LogP contribution >= 0.6 is 0 Å². The van der Waals surface area contributed by atoms with Crippen molar-refractivity contribution in [1.29, 1.82) is 0 Å². The minimum absolute atomic E-state index is 0.160. The van der Waals surface area contributed by atoms with Crippen molar-refractivity contribution in [3.8, 4) is 5.75 Å². The number of piperazine rings is 1. The number of benzene rings is 1. The average Bonchev–Trinajstić information content (AvgIpc) is 2.41. The molecule has 0 aromatic heterocycles. The number of hydrogen-bond donors (Lipinski definition) is 3. The zero-order valence-corrected chi connectivity index (χ0v) is 10.1. The molecule has 1 aromatic rings. The number of amides is 1. The van der Waals surface area contributed by atoms with Crippen molar-refractivity contribution in [2.24, 2.45) is 0 Å². The maximum absolute atomic E-state index is 13.0. The van der Waals surface area contributed by atoms with Gasteiger partial charge < -0.3 is 20.7 Å². The standard InChI is InChI=1S/C12H16FN3O2/c1-18-11-6-8(13)2-3-9(11)16-12(17)10-7-14-4-5-15-10/h2-3,6,10,14-15H,4-5,7H2,1H3,(H,16,17). The molecule has 0 spiro atoms. The summed E-state index contributed by atoms with van der Waals surface area (Å²) in [5, 5.41) is 8.95. The molecule has 1 heterocycles. The van der Waals surface area contributed by atoms with Crippen LogP contribution in [0.1, 0.15) is 0 Å². The third-order valence-electron chi connectivity index (χ3n) is 2.78. The number of methoxy groups -OCH3 is 1. The molecule has 5 nitrogen and oxygen atoms in total. The minimum Gasteiger partial charge on any atom is -0.494 e. The van der Waals surface area contributed by atoms with Crippen molar-refractivity contribution in [2.75, 3.05) is 32.1 Å². The predicted molar refractivity (Wildman–Crippen MR) is 66.2 cm³/mol. The maximum atomic E-state index is 13.0. The lowest BCUT2D eigenvalue weighted by Gasteiger charge is -2.23. The molecule has 1 atom stereocenters. The van der Waals surface area contributed by atoms with Crippen LogP contribution in [0.3, 0.4) is 0 Å². The number of carbonyl (C=O) groups excluding carboxylic acids is 1. The summed E-state index contributed by atoms with van der Waals surface area (Å²) in [5.41, 5.74) is 0.469. The zero-order valence-electron chi connectivity index (χ0n) is 10.1. The van der Waals surface area contributed by atoms with Crippen LogP contribution in [0.2, 0.25) is 0 Å². The van der Waals surface area contributed by atoms with Crippen LogP contribution in [0.25, 0.3) is 0 Å². The first kappa shape index (κ1) is 12.8. The number of hydrogen-bond acceptors (Lipinski definition) is 4. The molecule has 0 aliphatic carbocycles. The van der Waals surface area contributed by atoms with Gasteiger partial charge in [-0.1, -0.05) is 0 Å². The molecular formula is C12H16FN3O2. The van der Waals surface area contributed by atoms with E-state index in [1.165, 1.54) is 25.3 Å². The highest BCUT2D eigenvalue weighted by Gasteiger charge is 2.21. The Morgan fingerprint density at radius 1 is 1.50 bits per heavy atom. The third kappa shape index (κ3) is 2.96. The normalized spacial score (nSPS) is 19.3. The highest BCUT2D eigenvalue weighted by molar-refractivity contribution is 5.96. The van der Waals surface area contributed by atoms with Gasteiger partial charge in [0.25, 0.3) is 0 Å². The molecule has 1 unspecified atom stereocenters. The second-order valence-corrected chi connectivity index (χ2v) is 4.04. The molecule has 1 aliphatic heterocycles. The second-order valence-electron chi connectivity index (χ2n) is 4.04. The SMILES string of the molecule is COc1cc(F)ccc1NC(=O)C1CNCCN1. The van der Waals surface area contributed by atoms with E-state index in [2.05, 4.69) is 16.0 Å². The van der Waals surface area contributed by atoms with E-state index in [9.17, 15) is 9.18 Å². The molecule has 2 rings (SSSR count). The summed E-state index contributed by atoms with van der Waals surface area (Å²) < 4.78 is 18.0. The van der Waals surface area contributed by atoms with Gasteiger partial charge in [-0.05, 0) is 12.1 Å². The van der Waals surface area contributed by atoms with Gasteiger partial charge in [0.2, 0.25) is 5.91 Å². The summed E-state index contributed by atoms with van der Waals surface area (Å²) in [6.07, 6.45) is 0. The largest absolute Gasteiger partial charge is 0.494 e. The van der Waals surface area contributed by atoms with Gasteiger partial charge in [0, 0.05) is 25.7 Å². The van der Waals surface area contributed by atoms with Gasteiger partial charge in [0.05, 0.1) is 18.8 Å². The van der Waals surface area contributed by atoms with Crippen molar-refractivity contribution in [1.82, 2.24) is 10.6 Å². The molecule has 1 saturated heterocycles. The first-order valence-corrected chi connectivity index (χ1v) is 5.79. The second kappa shape index (κ2) is 5.79. The molecule has 1 amide bonds. The van der Waals surface area contributed by atoms with Crippen LogP contribution in [0.4, 0.5) is 10.1 Å². The Kier molecular flexibility index (Phi) is 4.11. The molecular weight excluding hydrogens is 237 g/mol. The van der Waals surface area contributed by atoms with Crippen molar-refractivity contribution < 1.29 is 13.9 Å². The quantitative estimate of drug-likeness (QED) is 0.726. The van der Waals surface area contributed by atoms with Crippen molar-refractivity contribution in [2.45, 2.75) is 6.04 Å². The van der Waals surface area contributed by atoms with Gasteiger partial charge in [0.1, 0.15) is 11.6 Å². The van der Waals surface area contributed by atoms with E-state index in [1.807, 2.05) is 0 Å². The Morgan fingerprint density at radius 2 is 2.33 bits per heavy atom. The number of halogens is 1. The summed E-state index contributed by atoms with van der Waals surface area (Å²) >= 11 is 0.